The number of allylic oxidation sites excluding steroid dienone is 5. The Morgan fingerprint density at radius 2 is 0.667 bits per heavy atom. The SMILES string of the molecule is CCCCCCCCC/C=C/C(O)C(CO)NC(=O)CCCCCCCCCCCCCCCCCCC/C=C\C/C=C\CCCCCCCCCCCCCOC(=O)CCCCCCCCCCCCCCCC. The summed E-state index contributed by atoms with van der Waals surface area (Å²) >= 11 is 0. The summed E-state index contributed by atoms with van der Waals surface area (Å²) in [7, 11) is 0. The number of unbranched alkanes of at least 4 members (excludes halogenated alkanes) is 48. The van der Waals surface area contributed by atoms with Crippen LogP contribution < -0.4 is 5.32 Å². The molecule has 0 aromatic rings. The molecule has 442 valence electrons. The van der Waals surface area contributed by atoms with Gasteiger partial charge in [-0.15, -0.1) is 0 Å². The molecule has 0 aliphatic heterocycles. The molecule has 0 saturated heterocycles. The zero-order chi connectivity index (χ0) is 54.3. The maximum Gasteiger partial charge on any atom is 0.305 e. The quantitative estimate of drug-likeness (QED) is 0.0320. The van der Waals surface area contributed by atoms with E-state index >= 15 is 0 Å². The molecule has 0 aliphatic carbocycles. The van der Waals surface area contributed by atoms with Crippen LogP contribution in [0.25, 0.3) is 0 Å². The van der Waals surface area contributed by atoms with E-state index in [9.17, 15) is 19.8 Å². The number of aliphatic hydroxyl groups excluding tert-OH is 2. The Labute approximate surface area is 468 Å². The Morgan fingerprint density at radius 3 is 1.01 bits per heavy atom. The number of amides is 1. The van der Waals surface area contributed by atoms with Crippen molar-refractivity contribution < 1.29 is 24.5 Å². The lowest BCUT2D eigenvalue weighted by atomic mass is 10.0. The van der Waals surface area contributed by atoms with Gasteiger partial charge in [-0.3, -0.25) is 9.59 Å². The number of hydrogen-bond acceptors (Lipinski definition) is 5. The fraction of sp³-hybridized carbons (Fsp3) is 0.884. The minimum absolute atomic E-state index is 0.0189. The van der Waals surface area contributed by atoms with E-state index in [1.807, 2.05) is 6.08 Å². The first-order valence-corrected chi connectivity index (χ1v) is 33.8. The van der Waals surface area contributed by atoms with Crippen molar-refractivity contribution >= 4 is 11.9 Å². The van der Waals surface area contributed by atoms with Crippen LogP contribution in [0.1, 0.15) is 367 Å². The van der Waals surface area contributed by atoms with Crippen LogP contribution in [0, 0.1) is 0 Å². The molecule has 0 bridgehead atoms. The molecule has 0 aromatic carbocycles. The summed E-state index contributed by atoms with van der Waals surface area (Å²) in [4.78, 5) is 24.5. The first kappa shape index (κ1) is 73.1. The van der Waals surface area contributed by atoms with Gasteiger partial charge < -0.3 is 20.3 Å². The molecule has 0 rings (SSSR count). The number of carbonyl (C=O) groups is 2. The smallest absolute Gasteiger partial charge is 0.305 e. The number of esters is 1. The molecular formula is C69H131NO5. The number of nitrogens with one attached hydrogen (secondary N) is 1. The summed E-state index contributed by atoms with van der Waals surface area (Å²) < 4.78 is 5.49. The third-order valence-electron chi connectivity index (χ3n) is 15.7. The predicted molar refractivity (Wildman–Crippen MR) is 329 cm³/mol. The normalized spacial score (nSPS) is 12.7. The third-order valence-corrected chi connectivity index (χ3v) is 15.7. The van der Waals surface area contributed by atoms with Gasteiger partial charge in [0.1, 0.15) is 0 Å². The Morgan fingerprint density at radius 1 is 0.373 bits per heavy atom. The number of carbonyl (C=O) groups excluding carboxylic acids is 2. The standard InChI is InChI=1S/C69H131NO5/c1-3-5-7-9-11-13-14-15-40-43-47-51-55-59-63-69(74)75-64-60-56-52-48-44-41-38-36-34-32-30-28-26-24-22-20-18-16-17-19-21-23-25-27-29-31-33-35-37-39-42-46-50-54-58-62-68(73)70-66(65-71)67(72)61-57-53-49-45-12-10-8-6-4-2/h18,20,24,26,57,61,66-67,71-72H,3-17,19,21-23,25,27-56,58-60,62-65H2,1-2H3,(H,70,73)/b20-18-,26-24-,61-57+. The van der Waals surface area contributed by atoms with Gasteiger partial charge in [0.2, 0.25) is 5.91 Å². The number of ether oxygens (including phenoxy) is 1. The Bertz CT molecular complexity index is 1210. The van der Waals surface area contributed by atoms with E-state index in [2.05, 4.69) is 43.5 Å². The first-order chi connectivity index (χ1) is 37.0. The first-order valence-electron chi connectivity index (χ1n) is 33.8. The van der Waals surface area contributed by atoms with E-state index in [0.29, 0.717) is 19.4 Å². The third kappa shape index (κ3) is 61.2. The van der Waals surface area contributed by atoms with Gasteiger partial charge in [0, 0.05) is 12.8 Å². The van der Waals surface area contributed by atoms with Crippen LogP contribution in [-0.2, 0) is 14.3 Å². The van der Waals surface area contributed by atoms with Crippen molar-refractivity contribution in [3.63, 3.8) is 0 Å². The molecule has 0 aromatic heterocycles. The molecule has 2 atom stereocenters. The largest absolute Gasteiger partial charge is 0.466 e. The topological polar surface area (TPSA) is 95.9 Å². The Balaban J connectivity index is 3.35. The molecule has 75 heavy (non-hydrogen) atoms. The molecule has 0 aliphatic rings. The fourth-order valence-corrected chi connectivity index (χ4v) is 10.5. The lowest BCUT2D eigenvalue weighted by Gasteiger charge is -2.20. The van der Waals surface area contributed by atoms with Crippen molar-refractivity contribution in [3.8, 4) is 0 Å². The van der Waals surface area contributed by atoms with Crippen LogP contribution >= 0.6 is 0 Å². The van der Waals surface area contributed by atoms with Crippen LogP contribution in [-0.4, -0.2) is 47.4 Å². The van der Waals surface area contributed by atoms with E-state index in [-0.39, 0.29) is 18.5 Å². The van der Waals surface area contributed by atoms with Gasteiger partial charge in [0.25, 0.3) is 0 Å². The minimum atomic E-state index is -0.840. The monoisotopic (exact) mass is 1050 g/mol. The maximum atomic E-state index is 12.4. The molecule has 3 N–H and O–H groups in total. The van der Waals surface area contributed by atoms with E-state index in [1.165, 1.54) is 295 Å². The second-order valence-corrected chi connectivity index (χ2v) is 23.2. The molecule has 0 saturated carbocycles. The minimum Gasteiger partial charge on any atom is -0.466 e. The molecule has 0 heterocycles. The summed E-state index contributed by atoms with van der Waals surface area (Å²) in [5, 5.41) is 23.0. The highest BCUT2D eigenvalue weighted by molar-refractivity contribution is 5.76. The lowest BCUT2D eigenvalue weighted by Crippen LogP contribution is -2.45. The second-order valence-electron chi connectivity index (χ2n) is 23.2. The number of rotatable bonds is 63. The summed E-state index contributed by atoms with van der Waals surface area (Å²) in [6.07, 6.45) is 82.4. The van der Waals surface area contributed by atoms with Crippen LogP contribution in [0.2, 0.25) is 0 Å². The van der Waals surface area contributed by atoms with Crippen LogP contribution in [0.3, 0.4) is 0 Å². The molecule has 0 spiro atoms. The Kier molecular flexibility index (Phi) is 63.0. The molecule has 2 unspecified atom stereocenters. The van der Waals surface area contributed by atoms with Crippen LogP contribution in [0.4, 0.5) is 0 Å². The summed E-state index contributed by atoms with van der Waals surface area (Å²) in [6.45, 7) is 4.90. The van der Waals surface area contributed by atoms with E-state index < -0.39 is 12.1 Å². The van der Waals surface area contributed by atoms with Crippen molar-refractivity contribution in [2.75, 3.05) is 13.2 Å². The summed E-state index contributed by atoms with van der Waals surface area (Å²) in [5.41, 5.74) is 0. The van der Waals surface area contributed by atoms with Crippen LogP contribution in [0.5, 0.6) is 0 Å². The van der Waals surface area contributed by atoms with Gasteiger partial charge in [0.05, 0.1) is 25.4 Å². The van der Waals surface area contributed by atoms with Crippen molar-refractivity contribution in [1.29, 1.82) is 0 Å². The van der Waals surface area contributed by atoms with Gasteiger partial charge in [-0.05, 0) is 64.2 Å². The Hall–Kier alpha value is -1.92. The predicted octanol–water partition coefficient (Wildman–Crippen LogP) is 21.5. The molecular weight excluding hydrogens is 923 g/mol. The average molecular weight is 1050 g/mol. The summed E-state index contributed by atoms with van der Waals surface area (Å²) in [6, 6.07) is -0.624. The zero-order valence-electron chi connectivity index (χ0n) is 50.5. The lowest BCUT2D eigenvalue weighted by molar-refractivity contribution is -0.143. The fourth-order valence-electron chi connectivity index (χ4n) is 10.5. The highest BCUT2D eigenvalue weighted by Crippen LogP contribution is 2.18. The van der Waals surface area contributed by atoms with Crippen molar-refractivity contribution in [3.05, 3.63) is 36.5 Å². The van der Waals surface area contributed by atoms with Crippen molar-refractivity contribution in [1.82, 2.24) is 5.32 Å². The average Bonchev–Trinajstić information content (AvgIpc) is 3.41. The molecule has 0 fully saturated rings. The molecule has 1 amide bonds. The van der Waals surface area contributed by atoms with Gasteiger partial charge in [-0.25, -0.2) is 0 Å². The summed E-state index contributed by atoms with van der Waals surface area (Å²) in [5.74, 6) is -0.0485. The van der Waals surface area contributed by atoms with Gasteiger partial charge in [-0.1, -0.05) is 326 Å². The molecule has 6 nitrogen and oxygen atoms in total. The highest BCUT2D eigenvalue weighted by atomic mass is 16.5. The van der Waals surface area contributed by atoms with Crippen molar-refractivity contribution in [2.45, 2.75) is 379 Å². The number of aliphatic hydroxyl groups is 2. The zero-order valence-corrected chi connectivity index (χ0v) is 50.5. The van der Waals surface area contributed by atoms with E-state index in [0.717, 1.165) is 44.9 Å². The molecule has 0 radical (unpaired) electrons. The van der Waals surface area contributed by atoms with Crippen molar-refractivity contribution in [2.24, 2.45) is 0 Å². The van der Waals surface area contributed by atoms with Crippen LogP contribution in [0.15, 0.2) is 36.5 Å². The highest BCUT2D eigenvalue weighted by Gasteiger charge is 2.18. The van der Waals surface area contributed by atoms with Gasteiger partial charge in [0.15, 0.2) is 0 Å². The second kappa shape index (κ2) is 64.6. The van der Waals surface area contributed by atoms with Gasteiger partial charge >= 0.3 is 5.97 Å². The maximum absolute atomic E-state index is 12.4. The van der Waals surface area contributed by atoms with E-state index in [1.54, 1.807) is 6.08 Å². The molecule has 6 heteroatoms. The van der Waals surface area contributed by atoms with E-state index in [4.69, 9.17) is 4.74 Å². The van der Waals surface area contributed by atoms with Gasteiger partial charge in [-0.2, -0.15) is 0 Å². The number of hydrogen-bond donors (Lipinski definition) is 3.